The maximum absolute atomic E-state index is 11.0. The molecule has 0 saturated carbocycles. The van der Waals surface area contributed by atoms with E-state index in [9.17, 15) is 4.79 Å². The maximum Gasteiger partial charge on any atom is 0.339 e. The zero-order valence-electron chi connectivity index (χ0n) is 9.97. The minimum atomic E-state index is -1.00. The number of carboxylic acids is 1. The van der Waals surface area contributed by atoms with Gasteiger partial charge in [-0.2, -0.15) is 0 Å². The van der Waals surface area contributed by atoms with Crippen molar-refractivity contribution in [1.29, 1.82) is 0 Å². The van der Waals surface area contributed by atoms with E-state index in [1.54, 1.807) is 11.3 Å². The third-order valence-electron chi connectivity index (χ3n) is 2.49. The number of aromatic carboxylic acids is 1. The smallest absolute Gasteiger partial charge is 0.339 e. The van der Waals surface area contributed by atoms with E-state index >= 15 is 0 Å². The Kier molecular flexibility index (Phi) is 5.00. The molecule has 100 valence electrons. The minimum absolute atomic E-state index is 0.147. The molecule has 19 heavy (non-hydrogen) atoms. The summed E-state index contributed by atoms with van der Waals surface area (Å²) in [6.07, 6.45) is 3.59. The third-order valence-corrected chi connectivity index (χ3v) is 4.18. The topological polar surface area (TPSA) is 75.1 Å². The van der Waals surface area contributed by atoms with Gasteiger partial charge in [-0.25, -0.2) is 14.8 Å². The van der Waals surface area contributed by atoms with Gasteiger partial charge in [-0.3, -0.25) is 0 Å². The monoisotopic (exact) mass is 341 g/mol. The predicted molar refractivity (Wildman–Crippen MR) is 76.4 cm³/mol. The molecule has 7 heteroatoms. The Hall–Kier alpha value is -1.31. The van der Waals surface area contributed by atoms with Gasteiger partial charge in [-0.15, -0.1) is 11.3 Å². The molecular weight excluding hydrogens is 330 g/mol. The van der Waals surface area contributed by atoms with Crippen LogP contribution in [-0.2, 0) is 13.0 Å². The number of carboxylic acid groups (broad SMARTS) is 1. The highest BCUT2D eigenvalue weighted by atomic mass is 79.9. The lowest BCUT2D eigenvalue weighted by atomic mass is 10.2. The average molecular weight is 342 g/mol. The lowest BCUT2D eigenvalue weighted by molar-refractivity contribution is 0.0694. The quantitative estimate of drug-likeness (QED) is 0.788. The Balaban J connectivity index is 1.84. The Morgan fingerprint density at radius 3 is 3.00 bits per heavy atom. The minimum Gasteiger partial charge on any atom is -0.478 e. The van der Waals surface area contributed by atoms with Gasteiger partial charge in [-0.1, -0.05) is 0 Å². The van der Waals surface area contributed by atoms with Crippen LogP contribution in [0.2, 0.25) is 0 Å². The van der Waals surface area contributed by atoms with E-state index in [2.05, 4.69) is 37.3 Å². The van der Waals surface area contributed by atoms with Crippen LogP contribution < -0.4 is 5.32 Å². The van der Waals surface area contributed by atoms with Crippen LogP contribution in [0.25, 0.3) is 0 Å². The lowest BCUT2D eigenvalue weighted by Crippen LogP contribution is -2.19. The second kappa shape index (κ2) is 6.74. The molecule has 0 spiro atoms. The van der Waals surface area contributed by atoms with Crippen molar-refractivity contribution in [2.45, 2.75) is 13.0 Å². The zero-order chi connectivity index (χ0) is 13.7. The van der Waals surface area contributed by atoms with Gasteiger partial charge in [0.05, 0.1) is 9.48 Å². The largest absolute Gasteiger partial charge is 0.478 e. The van der Waals surface area contributed by atoms with Crippen molar-refractivity contribution in [2.75, 3.05) is 6.54 Å². The molecule has 2 aromatic rings. The first kappa shape index (κ1) is 14.1. The van der Waals surface area contributed by atoms with Crippen LogP contribution in [0.3, 0.4) is 0 Å². The van der Waals surface area contributed by atoms with E-state index in [0.717, 1.165) is 16.8 Å². The second-order valence-corrected chi connectivity index (χ2v) is 6.37. The molecule has 0 aliphatic carbocycles. The molecule has 2 N–H and O–H groups in total. The summed E-state index contributed by atoms with van der Waals surface area (Å²) in [5.74, 6) is -1.00. The Bertz CT molecular complexity index is 574. The van der Waals surface area contributed by atoms with Gasteiger partial charge in [0.1, 0.15) is 11.9 Å². The van der Waals surface area contributed by atoms with E-state index < -0.39 is 5.97 Å². The first-order valence-electron chi connectivity index (χ1n) is 5.64. The first-order valence-corrected chi connectivity index (χ1v) is 7.25. The summed E-state index contributed by atoms with van der Waals surface area (Å²) in [6.45, 7) is 1.20. The Morgan fingerprint density at radius 2 is 2.32 bits per heavy atom. The molecule has 2 heterocycles. The van der Waals surface area contributed by atoms with Crippen molar-refractivity contribution in [2.24, 2.45) is 0 Å². The normalized spacial score (nSPS) is 10.6. The number of hydrogen-bond acceptors (Lipinski definition) is 5. The molecule has 0 radical (unpaired) electrons. The summed E-state index contributed by atoms with van der Waals surface area (Å²) in [6, 6.07) is 4.09. The van der Waals surface area contributed by atoms with Gasteiger partial charge in [0.15, 0.2) is 0 Å². The third kappa shape index (κ3) is 4.09. The van der Waals surface area contributed by atoms with Gasteiger partial charge in [-0.05, 0) is 34.5 Å². The Morgan fingerprint density at radius 1 is 1.47 bits per heavy atom. The van der Waals surface area contributed by atoms with Gasteiger partial charge >= 0.3 is 5.97 Å². The van der Waals surface area contributed by atoms with Crippen molar-refractivity contribution in [3.05, 3.63) is 44.6 Å². The molecule has 0 bridgehead atoms. The summed E-state index contributed by atoms with van der Waals surface area (Å²) >= 11 is 5.12. The van der Waals surface area contributed by atoms with Crippen molar-refractivity contribution in [3.8, 4) is 0 Å². The molecule has 0 unspecified atom stereocenters. The summed E-state index contributed by atoms with van der Waals surface area (Å²) in [5, 5.41) is 12.2. The standard InChI is InChI=1S/C12H12BrN3O2S/c13-11-2-1-8(19-11)3-4-14-6-10-9(12(17)18)5-15-7-16-10/h1-2,5,7,14H,3-4,6H2,(H,17,18). The summed E-state index contributed by atoms with van der Waals surface area (Å²) in [5.41, 5.74) is 0.656. The SMILES string of the molecule is O=C(O)c1cncnc1CNCCc1ccc(Br)s1. The van der Waals surface area contributed by atoms with E-state index in [-0.39, 0.29) is 5.56 Å². The lowest BCUT2D eigenvalue weighted by Gasteiger charge is -2.05. The fourth-order valence-corrected chi connectivity index (χ4v) is 3.06. The molecule has 2 rings (SSSR count). The fourth-order valence-electron chi connectivity index (χ4n) is 1.58. The van der Waals surface area contributed by atoms with Gasteiger partial charge in [0.25, 0.3) is 0 Å². The van der Waals surface area contributed by atoms with E-state index in [1.165, 1.54) is 17.4 Å². The highest BCUT2D eigenvalue weighted by Crippen LogP contribution is 2.22. The number of hydrogen-bond donors (Lipinski definition) is 2. The molecule has 0 aliphatic heterocycles. The average Bonchev–Trinajstić information content (AvgIpc) is 2.81. The van der Waals surface area contributed by atoms with E-state index in [4.69, 9.17) is 5.11 Å². The number of nitrogens with zero attached hydrogens (tertiary/aromatic N) is 2. The molecule has 0 aromatic carbocycles. The van der Waals surface area contributed by atoms with Crippen molar-refractivity contribution < 1.29 is 9.90 Å². The van der Waals surface area contributed by atoms with Crippen LogP contribution in [0.1, 0.15) is 20.9 Å². The number of nitrogens with one attached hydrogen (secondary N) is 1. The number of halogens is 1. The number of rotatable bonds is 6. The zero-order valence-corrected chi connectivity index (χ0v) is 12.4. The fraction of sp³-hybridized carbons (Fsp3) is 0.250. The Labute approximate surface area is 122 Å². The summed E-state index contributed by atoms with van der Waals surface area (Å²) < 4.78 is 1.12. The molecule has 0 amide bonds. The molecule has 0 saturated heterocycles. The van der Waals surface area contributed by atoms with Crippen molar-refractivity contribution in [1.82, 2.24) is 15.3 Å². The number of carbonyl (C=O) groups is 1. The highest BCUT2D eigenvalue weighted by molar-refractivity contribution is 9.11. The van der Waals surface area contributed by atoms with Crippen molar-refractivity contribution >= 4 is 33.2 Å². The molecule has 5 nitrogen and oxygen atoms in total. The second-order valence-electron chi connectivity index (χ2n) is 3.82. The van der Waals surface area contributed by atoms with E-state index in [0.29, 0.717) is 12.2 Å². The molecule has 0 fully saturated rings. The summed E-state index contributed by atoms with van der Waals surface area (Å²) in [7, 11) is 0. The number of aromatic nitrogens is 2. The van der Waals surface area contributed by atoms with Gasteiger partial charge in [0.2, 0.25) is 0 Å². The van der Waals surface area contributed by atoms with Crippen LogP contribution in [0.4, 0.5) is 0 Å². The van der Waals surface area contributed by atoms with Crippen LogP contribution in [0, 0.1) is 0 Å². The molecule has 0 atom stereocenters. The summed E-state index contributed by atoms with van der Waals surface area (Å²) in [4.78, 5) is 20.0. The van der Waals surface area contributed by atoms with E-state index in [1.807, 2.05) is 6.07 Å². The number of thiophene rings is 1. The predicted octanol–water partition coefficient (Wildman–Crippen LogP) is 2.33. The van der Waals surface area contributed by atoms with Crippen LogP contribution >= 0.6 is 27.3 Å². The molecular formula is C12H12BrN3O2S. The van der Waals surface area contributed by atoms with Gasteiger partial charge in [0, 0.05) is 24.2 Å². The van der Waals surface area contributed by atoms with Crippen molar-refractivity contribution in [3.63, 3.8) is 0 Å². The molecule has 2 aromatic heterocycles. The maximum atomic E-state index is 11.0. The van der Waals surface area contributed by atoms with Crippen LogP contribution in [-0.4, -0.2) is 27.6 Å². The highest BCUT2D eigenvalue weighted by Gasteiger charge is 2.10. The molecule has 0 aliphatic rings. The first-order chi connectivity index (χ1) is 9.16. The van der Waals surface area contributed by atoms with Gasteiger partial charge < -0.3 is 10.4 Å². The van der Waals surface area contributed by atoms with Crippen LogP contribution in [0.15, 0.2) is 28.4 Å². The van der Waals surface area contributed by atoms with Crippen LogP contribution in [0.5, 0.6) is 0 Å².